The molecule has 196 valence electrons. The summed E-state index contributed by atoms with van der Waals surface area (Å²) in [6.45, 7) is 3.43. The Balaban J connectivity index is 0.00000361. The number of sulfonamides is 1. The van der Waals surface area contributed by atoms with Crippen molar-refractivity contribution in [1.29, 1.82) is 0 Å². The molecule has 0 unspecified atom stereocenters. The van der Waals surface area contributed by atoms with Crippen LogP contribution in [0.4, 0.5) is 16.2 Å². The molecule has 0 aromatic heterocycles. The minimum atomic E-state index is -5.06. The predicted molar refractivity (Wildman–Crippen MR) is 131 cm³/mol. The second kappa shape index (κ2) is 13.6. The average Bonchev–Trinajstić information content (AvgIpc) is 3.57. The van der Waals surface area contributed by atoms with Crippen LogP contribution in [0, 0.1) is 0 Å². The first kappa shape index (κ1) is 35.0. The zero-order valence-corrected chi connectivity index (χ0v) is 27.5. The fourth-order valence-corrected chi connectivity index (χ4v) is 5.92. The SMILES string of the molecule is CC(C)NC(=O)Nc1ccc(/C=C/c2ccc(NS(=O)(=O)C3CC3)cc2S(=O)(=O)[O-])c(S(=O)(=O)[O-])c1.[Na+].[Na+]. The molecule has 1 saturated carbocycles. The topological polar surface area (TPSA) is 202 Å². The summed E-state index contributed by atoms with van der Waals surface area (Å²) in [7, 11) is -13.8. The molecule has 0 atom stereocenters. The first-order chi connectivity index (χ1) is 16.6. The molecule has 2 aromatic carbocycles. The van der Waals surface area contributed by atoms with Crippen molar-refractivity contribution in [2.75, 3.05) is 10.0 Å². The van der Waals surface area contributed by atoms with Gasteiger partial charge in [-0.1, -0.05) is 24.3 Å². The van der Waals surface area contributed by atoms with E-state index in [0.717, 1.165) is 24.3 Å². The van der Waals surface area contributed by atoms with Gasteiger partial charge in [-0.15, -0.1) is 0 Å². The van der Waals surface area contributed by atoms with Crippen molar-refractivity contribution in [3.8, 4) is 0 Å². The van der Waals surface area contributed by atoms with Crippen LogP contribution in [-0.2, 0) is 30.3 Å². The molecule has 3 N–H and O–H groups in total. The third-order valence-corrected chi connectivity index (χ3v) is 8.56. The molecule has 0 radical (unpaired) electrons. The molecule has 0 spiro atoms. The minimum absolute atomic E-state index is 0. The van der Waals surface area contributed by atoms with Gasteiger partial charge in [-0.2, -0.15) is 0 Å². The van der Waals surface area contributed by atoms with Crippen molar-refractivity contribution < 1.29 is 98.3 Å². The summed E-state index contributed by atoms with van der Waals surface area (Å²) in [6.07, 6.45) is 3.17. The van der Waals surface area contributed by atoms with Gasteiger partial charge in [-0.25, -0.2) is 30.0 Å². The van der Waals surface area contributed by atoms with Gasteiger partial charge in [-0.3, -0.25) is 4.72 Å². The Labute approximate surface area is 266 Å². The summed E-state index contributed by atoms with van der Waals surface area (Å²) < 4.78 is 97.4. The fraction of sp³-hybridized carbons (Fsp3) is 0.286. The first-order valence-electron chi connectivity index (χ1n) is 10.5. The molecule has 0 bridgehead atoms. The van der Waals surface area contributed by atoms with Gasteiger partial charge in [0, 0.05) is 17.4 Å². The van der Waals surface area contributed by atoms with Crippen molar-refractivity contribution in [3.05, 3.63) is 47.5 Å². The predicted octanol–water partition coefficient (Wildman–Crippen LogP) is -3.89. The number of nitrogens with one attached hydrogen (secondary N) is 3. The summed E-state index contributed by atoms with van der Waals surface area (Å²) in [5, 5.41) is 4.36. The van der Waals surface area contributed by atoms with Crippen LogP contribution in [-0.4, -0.2) is 51.7 Å². The first-order valence-corrected chi connectivity index (χ1v) is 14.9. The Morgan fingerprint density at radius 2 is 1.29 bits per heavy atom. The monoisotopic (exact) mass is 603 g/mol. The van der Waals surface area contributed by atoms with Crippen LogP contribution in [0.5, 0.6) is 0 Å². The number of hydrogen-bond donors (Lipinski definition) is 3. The number of amides is 2. The maximum absolute atomic E-state index is 12.1. The molecule has 12 nitrogen and oxygen atoms in total. The van der Waals surface area contributed by atoms with Crippen LogP contribution in [0.15, 0.2) is 46.2 Å². The van der Waals surface area contributed by atoms with E-state index < -0.39 is 51.3 Å². The summed E-state index contributed by atoms with van der Waals surface area (Å²) in [4.78, 5) is 10.4. The van der Waals surface area contributed by atoms with E-state index in [0.29, 0.717) is 12.8 Å². The van der Waals surface area contributed by atoms with Gasteiger partial charge in [0.15, 0.2) is 0 Å². The molecule has 1 aliphatic carbocycles. The van der Waals surface area contributed by atoms with Crippen molar-refractivity contribution in [3.63, 3.8) is 0 Å². The van der Waals surface area contributed by atoms with Crippen molar-refractivity contribution in [2.24, 2.45) is 0 Å². The standard InChI is InChI=1S/C21H25N3O9S3.2Na/c1-13(2)22-21(25)23-16-7-5-14(19(11-16)35(28,29)30)3-4-15-6-8-17(12-20(15)36(31,32)33)24-34(26,27)18-9-10-18;;/h3-8,11-13,18,24H,9-10H2,1-2H3,(H2,22,23,25)(H,28,29,30)(H,31,32,33);;/q;2*+1/p-2/b4-3+;;. The van der Waals surface area contributed by atoms with E-state index in [4.69, 9.17) is 0 Å². The largest absolute Gasteiger partial charge is 1.00 e. The van der Waals surface area contributed by atoms with Gasteiger partial charge in [0.1, 0.15) is 20.2 Å². The second-order valence-corrected chi connectivity index (χ2v) is 13.0. The number of hydrogen-bond acceptors (Lipinski definition) is 9. The van der Waals surface area contributed by atoms with Crippen LogP contribution >= 0.6 is 0 Å². The number of urea groups is 1. The zero-order valence-electron chi connectivity index (χ0n) is 21.1. The van der Waals surface area contributed by atoms with E-state index in [1.165, 1.54) is 24.3 Å². The molecule has 3 rings (SSSR count). The Kier molecular flexibility index (Phi) is 12.5. The molecule has 0 saturated heterocycles. The molecule has 2 amide bonds. The number of carbonyl (C=O) groups is 1. The number of rotatable bonds is 9. The average molecular weight is 604 g/mol. The molecule has 2 aromatic rings. The molecule has 1 fully saturated rings. The number of anilines is 2. The number of carbonyl (C=O) groups excluding carboxylic acids is 1. The fourth-order valence-electron chi connectivity index (χ4n) is 3.15. The Morgan fingerprint density at radius 3 is 1.71 bits per heavy atom. The normalized spacial score (nSPS) is 13.9. The van der Waals surface area contributed by atoms with E-state index in [-0.39, 0.29) is 87.7 Å². The van der Waals surface area contributed by atoms with Crippen LogP contribution in [0.3, 0.4) is 0 Å². The van der Waals surface area contributed by atoms with Gasteiger partial charge < -0.3 is 19.7 Å². The van der Waals surface area contributed by atoms with Crippen LogP contribution in [0.1, 0.15) is 37.8 Å². The van der Waals surface area contributed by atoms with Crippen molar-refractivity contribution in [1.82, 2.24) is 5.32 Å². The quantitative estimate of drug-likeness (QED) is 0.146. The van der Waals surface area contributed by atoms with Gasteiger partial charge in [0.2, 0.25) is 10.0 Å². The molecular formula is C21H23N3Na2O9S3. The van der Waals surface area contributed by atoms with E-state index in [2.05, 4.69) is 15.4 Å². The van der Waals surface area contributed by atoms with E-state index >= 15 is 0 Å². The third-order valence-electron chi connectivity index (χ3n) is 4.91. The summed E-state index contributed by atoms with van der Waals surface area (Å²) in [5.41, 5.74) is -0.388. The molecule has 38 heavy (non-hydrogen) atoms. The molecule has 17 heteroatoms. The maximum atomic E-state index is 12.1. The van der Waals surface area contributed by atoms with E-state index in [9.17, 15) is 39.2 Å². The Bertz CT molecular complexity index is 1540. The van der Waals surface area contributed by atoms with Gasteiger partial charge in [0.25, 0.3) is 0 Å². The third kappa shape index (κ3) is 9.89. The maximum Gasteiger partial charge on any atom is 1.00 e. The number of benzene rings is 2. The van der Waals surface area contributed by atoms with Crippen LogP contribution in [0.2, 0.25) is 0 Å². The summed E-state index contributed by atoms with van der Waals surface area (Å²) in [5.74, 6) is 0. The second-order valence-electron chi connectivity index (χ2n) is 8.35. The zero-order chi connectivity index (χ0) is 26.9. The molecule has 0 heterocycles. The summed E-state index contributed by atoms with van der Waals surface area (Å²) in [6, 6.07) is 5.97. The smallest absolute Gasteiger partial charge is 0.744 e. The molecule has 1 aliphatic rings. The molecular weight excluding hydrogens is 580 g/mol. The van der Waals surface area contributed by atoms with Crippen LogP contribution in [0.25, 0.3) is 12.2 Å². The van der Waals surface area contributed by atoms with Crippen molar-refractivity contribution >= 4 is 59.8 Å². The minimum Gasteiger partial charge on any atom is -0.744 e. The van der Waals surface area contributed by atoms with Crippen LogP contribution < -0.4 is 74.5 Å². The van der Waals surface area contributed by atoms with Gasteiger partial charge >= 0.3 is 65.1 Å². The van der Waals surface area contributed by atoms with E-state index in [1.807, 2.05) is 0 Å². The Hall–Kier alpha value is -0.980. The van der Waals surface area contributed by atoms with Gasteiger partial charge in [-0.05, 0) is 62.1 Å². The van der Waals surface area contributed by atoms with Crippen molar-refractivity contribution in [2.45, 2.75) is 47.8 Å². The van der Waals surface area contributed by atoms with Gasteiger partial charge in [0.05, 0.1) is 15.0 Å². The molecule has 0 aliphatic heterocycles. The summed E-state index contributed by atoms with van der Waals surface area (Å²) >= 11 is 0. The Morgan fingerprint density at radius 1 is 0.842 bits per heavy atom. The van der Waals surface area contributed by atoms with E-state index in [1.54, 1.807) is 13.8 Å².